The van der Waals surface area contributed by atoms with E-state index in [9.17, 15) is 0 Å². The molecule has 0 radical (unpaired) electrons. The van der Waals surface area contributed by atoms with Crippen molar-refractivity contribution in [2.75, 3.05) is 6.79 Å². The zero-order chi connectivity index (χ0) is 11.7. The van der Waals surface area contributed by atoms with Crippen LogP contribution in [0.15, 0.2) is 54.6 Å². The summed E-state index contributed by atoms with van der Waals surface area (Å²) in [5.74, 6) is 0.718. The van der Waals surface area contributed by atoms with Crippen molar-refractivity contribution >= 4 is 21.5 Å². The van der Waals surface area contributed by atoms with E-state index in [4.69, 9.17) is 9.84 Å². The number of rotatable bonds is 2. The molecule has 0 aliphatic heterocycles. The van der Waals surface area contributed by atoms with Crippen LogP contribution in [0, 0.1) is 0 Å². The maximum Gasteiger partial charge on any atom is 0.186 e. The minimum Gasteiger partial charge on any atom is -0.467 e. The third kappa shape index (κ3) is 1.63. The summed E-state index contributed by atoms with van der Waals surface area (Å²) in [6.45, 7) is -0.300. The molecule has 3 rings (SSSR count). The number of aliphatic hydroxyl groups excluding tert-OH is 1. The molecule has 2 heteroatoms. The molecule has 2 nitrogen and oxygen atoms in total. The highest BCUT2D eigenvalue weighted by atomic mass is 16.6. The van der Waals surface area contributed by atoms with Crippen LogP contribution in [0.3, 0.4) is 0 Å². The van der Waals surface area contributed by atoms with Gasteiger partial charge in [-0.1, -0.05) is 48.5 Å². The van der Waals surface area contributed by atoms with Crippen LogP contribution in [-0.2, 0) is 0 Å². The molecule has 0 heterocycles. The van der Waals surface area contributed by atoms with E-state index in [0.717, 1.165) is 16.5 Å². The molecule has 0 bridgehead atoms. The van der Waals surface area contributed by atoms with E-state index in [-0.39, 0.29) is 6.79 Å². The van der Waals surface area contributed by atoms with Gasteiger partial charge in [-0.05, 0) is 22.2 Å². The van der Waals surface area contributed by atoms with Gasteiger partial charge in [-0.3, -0.25) is 0 Å². The number of ether oxygens (including phenoxy) is 1. The Kier molecular flexibility index (Phi) is 2.42. The second kappa shape index (κ2) is 4.07. The van der Waals surface area contributed by atoms with Crippen molar-refractivity contribution in [2.24, 2.45) is 0 Å². The lowest BCUT2D eigenvalue weighted by Gasteiger charge is -2.08. The number of hydrogen-bond acceptors (Lipinski definition) is 2. The first-order chi connectivity index (χ1) is 8.40. The molecular formula is C15H12O2. The Morgan fingerprint density at radius 3 is 2.47 bits per heavy atom. The fraction of sp³-hybridized carbons (Fsp3) is 0.0667. The Morgan fingerprint density at radius 1 is 0.765 bits per heavy atom. The Balaban J connectivity index is 2.40. The average molecular weight is 224 g/mol. The van der Waals surface area contributed by atoms with Crippen LogP contribution in [0.5, 0.6) is 5.75 Å². The van der Waals surface area contributed by atoms with Crippen LogP contribution in [0.4, 0.5) is 0 Å². The van der Waals surface area contributed by atoms with E-state index in [1.807, 2.05) is 30.3 Å². The van der Waals surface area contributed by atoms with Gasteiger partial charge < -0.3 is 9.84 Å². The topological polar surface area (TPSA) is 29.5 Å². The lowest BCUT2D eigenvalue weighted by molar-refractivity contribution is 0.100. The van der Waals surface area contributed by atoms with E-state index >= 15 is 0 Å². The van der Waals surface area contributed by atoms with Gasteiger partial charge in [0.2, 0.25) is 0 Å². The molecule has 17 heavy (non-hydrogen) atoms. The summed E-state index contributed by atoms with van der Waals surface area (Å²) in [6, 6.07) is 18.2. The number of hydrogen-bond donors (Lipinski definition) is 1. The fourth-order valence-corrected chi connectivity index (χ4v) is 2.21. The number of aliphatic hydroxyl groups is 1. The molecule has 0 unspecified atom stereocenters. The quantitative estimate of drug-likeness (QED) is 0.534. The highest BCUT2D eigenvalue weighted by Crippen LogP contribution is 2.31. The smallest absolute Gasteiger partial charge is 0.186 e. The summed E-state index contributed by atoms with van der Waals surface area (Å²) in [6.07, 6.45) is 0. The average Bonchev–Trinajstić information content (AvgIpc) is 2.39. The molecule has 0 aromatic heterocycles. The molecule has 0 spiro atoms. The molecule has 3 aromatic carbocycles. The zero-order valence-corrected chi connectivity index (χ0v) is 9.26. The summed E-state index contributed by atoms with van der Waals surface area (Å²) in [5.41, 5.74) is 0. The predicted molar refractivity (Wildman–Crippen MR) is 69.2 cm³/mol. The van der Waals surface area contributed by atoms with Crippen molar-refractivity contribution in [2.45, 2.75) is 0 Å². The van der Waals surface area contributed by atoms with Crippen LogP contribution >= 0.6 is 0 Å². The van der Waals surface area contributed by atoms with E-state index in [1.165, 1.54) is 10.8 Å². The lowest BCUT2D eigenvalue weighted by Crippen LogP contribution is -1.95. The first kappa shape index (κ1) is 10.1. The maximum atomic E-state index is 8.87. The molecule has 3 aromatic rings. The molecule has 0 atom stereocenters. The third-order valence-corrected chi connectivity index (χ3v) is 2.97. The largest absolute Gasteiger partial charge is 0.467 e. The standard InChI is InChI=1S/C15H12O2/c16-10-17-15-7-3-6-13-12-5-2-1-4-11(12)8-9-14(13)15/h1-9,16H,10H2. The minimum absolute atomic E-state index is 0.300. The monoisotopic (exact) mass is 224 g/mol. The predicted octanol–water partition coefficient (Wildman–Crippen LogP) is 3.32. The van der Waals surface area contributed by atoms with Gasteiger partial charge in [0.15, 0.2) is 6.79 Å². The van der Waals surface area contributed by atoms with Gasteiger partial charge in [0.1, 0.15) is 5.75 Å². The van der Waals surface area contributed by atoms with Crippen molar-refractivity contribution in [1.82, 2.24) is 0 Å². The molecule has 0 saturated carbocycles. The van der Waals surface area contributed by atoms with Crippen molar-refractivity contribution in [3.8, 4) is 5.75 Å². The summed E-state index contributed by atoms with van der Waals surface area (Å²) < 4.78 is 5.22. The van der Waals surface area contributed by atoms with E-state index < -0.39 is 0 Å². The van der Waals surface area contributed by atoms with Crippen molar-refractivity contribution in [3.05, 3.63) is 54.6 Å². The zero-order valence-electron chi connectivity index (χ0n) is 9.26. The van der Waals surface area contributed by atoms with Crippen molar-refractivity contribution in [3.63, 3.8) is 0 Å². The van der Waals surface area contributed by atoms with Gasteiger partial charge in [0.25, 0.3) is 0 Å². The lowest BCUT2D eigenvalue weighted by atomic mass is 10.0. The molecular weight excluding hydrogens is 212 g/mol. The highest BCUT2D eigenvalue weighted by Gasteiger charge is 2.04. The molecule has 0 amide bonds. The first-order valence-corrected chi connectivity index (χ1v) is 5.54. The second-order valence-electron chi connectivity index (χ2n) is 3.91. The van der Waals surface area contributed by atoms with E-state index in [0.29, 0.717) is 0 Å². The molecule has 0 aliphatic carbocycles. The third-order valence-electron chi connectivity index (χ3n) is 2.97. The Bertz CT molecular complexity index is 674. The van der Waals surface area contributed by atoms with Crippen molar-refractivity contribution in [1.29, 1.82) is 0 Å². The van der Waals surface area contributed by atoms with Gasteiger partial charge in [0, 0.05) is 5.39 Å². The van der Waals surface area contributed by atoms with Gasteiger partial charge in [-0.25, -0.2) is 0 Å². The normalized spacial score (nSPS) is 10.9. The van der Waals surface area contributed by atoms with Gasteiger partial charge in [-0.15, -0.1) is 0 Å². The molecule has 0 fully saturated rings. The van der Waals surface area contributed by atoms with Crippen LogP contribution in [0.25, 0.3) is 21.5 Å². The summed E-state index contributed by atoms with van der Waals surface area (Å²) in [7, 11) is 0. The summed E-state index contributed by atoms with van der Waals surface area (Å²) in [5, 5.41) is 13.5. The van der Waals surface area contributed by atoms with Crippen LogP contribution in [0.1, 0.15) is 0 Å². The Hall–Kier alpha value is -2.06. The number of fused-ring (bicyclic) bond motifs is 3. The van der Waals surface area contributed by atoms with E-state index in [2.05, 4.69) is 24.3 Å². The van der Waals surface area contributed by atoms with Crippen LogP contribution < -0.4 is 4.74 Å². The number of benzene rings is 3. The van der Waals surface area contributed by atoms with E-state index in [1.54, 1.807) is 0 Å². The molecule has 1 N–H and O–H groups in total. The van der Waals surface area contributed by atoms with Crippen molar-refractivity contribution < 1.29 is 9.84 Å². The van der Waals surface area contributed by atoms with Crippen LogP contribution in [0.2, 0.25) is 0 Å². The highest BCUT2D eigenvalue weighted by molar-refractivity contribution is 6.09. The van der Waals surface area contributed by atoms with Crippen LogP contribution in [-0.4, -0.2) is 11.9 Å². The maximum absolute atomic E-state index is 8.87. The van der Waals surface area contributed by atoms with Gasteiger partial charge in [-0.2, -0.15) is 0 Å². The fourth-order valence-electron chi connectivity index (χ4n) is 2.21. The Morgan fingerprint density at radius 2 is 1.59 bits per heavy atom. The Labute approximate surface area is 99.1 Å². The molecule has 84 valence electrons. The SMILES string of the molecule is OCOc1cccc2c1ccc1ccccc12. The molecule has 0 aliphatic rings. The second-order valence-corrected chi connectivity index (χ2v) is 3.91. The first-order valence-electron chi connectivity index (χ1n) is 5.54. The van der Waals surface area contributed by atoms with Gasteiger partial charge >= 0.3 is 0 Å². The molecule has 0 saturated heterocycles. The summed E-state index contributed by atoms with van der Waals surface area (Å²) in [4.78, 5) is 0. The minimum atomic E-state index is -0.300. The van der Waals surface area contributed by atoms with Gasteiger partial charge in [0.05, 0.1) is 0 Å². The summed E-state index contributed by atoms with van der Waals surface area (Å²) >= 11 is 0.